The molecule has 1 N–H and O–H groups in total. The molecule has 4 heteroatoms. The van der Waals surface area contributed by atoms with Crippen LogP contribution in [0.15, 0.2) is 18.2 Å². The minimum absolute atomic E-state index is 0.253. The molecule has 1 aromatic carbocycles. The second-order valence-corrected chi connectivity index (χ2v) is 4.87. The molecule has 0 radical (unpaired) electrons. The first-order valence-electron chi connectivity index (χ1n) is 6.58. The molecule has 0 aliphatic heterocycles. The van der Waals surface area contributed by atoms with Gasteiger partial charge in [0.25, 0.3) is 0 Å². The number of phenolic OH excluding ortho intramolecular Hbond substituents is 1. The monoisotopic (exact) mass is 266 g/mol. The van der Waals surface area contributed by atoms with E-state index in [-0.39, 0.29) is 5.75 Å². The van der Waals surface area contributed by atoms with Crippen LogP contribution in [0.1, 0.15) is 39.7 Å². The van der Waals surface area contributed by atoms with Gasteiger partial charge in [-0.3, -0.25) is 0 Å². The molecule has 19 heavy (non-hydrogen) atoms. The van der Waals surface area contributed by atoms with Crippen LogP contribution in [0.5, 0.6) is 11.5 Å². The molecule has 0 saturated carbocycles. The van der Waals surface area contributed by atoms with E-state index >= 15 is 0 Å². The Labute approximate surface area is 114 Å². The summed E-state index contributed by atoms with van der Waals surface area (Å²) in [5, 5.41) is 9.71. The van der Waals surface area contributed by atoms with E-state index in [1.54, 1.807) is 39.0 Å². The second kappa shape index (κ2) is 6.45. The fourth-order valence-electron chi connectivity index (χ4n) is 1.74. The highest BCUT2D eigenvalue weighted by Crippen LogP contribution is 2.27. The zero-order valence-corrected chi connectivity index (χ0v) is 12.0. The number of hydrogen-bond donors (Lipinski definition) is 1. The van der Waals surface area contributed by atoms with Gasteiger partial charge >= 0.3 is 5.97 Å². The average molecular weight is 266 g/mol. The number of ether oxygens (including phenoxy) is 2. The maximum Gasteiger partial charge on any atom is 0.349 e. The van der Waals surface area contributed by atoms with Gasteiger partial charge in [0.05, 0.1) is 6.61 Å². The predicted octanol–water partition coefficient (Wildman–Crippen LogP) is 3.07. The second-order valence-electron chi connectivity index (χ2n) is 4.87. The van der Waals surface area contributed by atoms with Gasteiger partial charge in [0.2, 0.25) is 0 Å². The van der Waals surface area contributed by atoms with Crippen LogP contribution in [0.4, 0.5) is 0 Å². The summed E-state index contributed by atoms with van der Waals surface area (Å²) in [5.41, 5.74) is -0.226. The molecule has 0 aliphatic rings. The minimum Gasteiger partial charge on any atom is -0.508 e. The summed E-state index contributed by atoms with van der Waals surface area (Å²) in [7, 11) is 0. The lowest BCUT2D eigenvalue weighted by molar-refractivity contribution is -0.158. The third-order valence-electron chi connectivity index (χ3n) is 2.71. The first-order valence-corrected chi connectivity index (χ1v) is 6.58. The number of rotatable bonds is 6. The summed E-state index contributed by atoms with van der Waals surface area (Å²) in [4.78, 5) is 11.8. The molecule has 0 fully saturated rings. The lowest BCUT2D eigenvalue weighted by atomic mass is 10.1. The highest BCUT2D eigenvalue weighted by Gasteiger charge is 2.31. The first-order chi connectivity index (χ1) is 8.90. The van der Waals surface area contributed by atoms with Crippen LogP contribution >= 0.6 is 0 Å². The van der Waals surface area contributed by atoms with Crippen molar-refractivity contribution in [2.24, 2.45) is 0 Å². The molecule has 0 spiro atoms. The topological polar surface area (TPSA) is 55.8 Å². The van der Waals surface area contributed by atoms with E-state index in [1.165, 1.54) is 0 Å². The first kappa shape index (κ1) is 15.3. The van der Waals surface area contributed by atoms with Crippen molar-refractivity contribution in [3.05, 3.63) is 23.8 Å². The zero-order valence-electron chi connectivity index (χ0n) is 12.0. The Morgan fingerprint density at radius 2 is 2.00 bits per heavy atom. The molecule has 0 amide bonds. The third kappa shape index (κ3) is 4.16. The summed E-state index contributed by atoms with van der Waals surface area (Å²) in [6.07, 6.45) is 1.70. The van der Waals surface area contributed by atoms with Crippen LogP contribution < -0.4 is 4.74 Å². The number of aromatic hydroxyl groups is 1. The number of benzene rings is 1. The van der Waals surface area contributed by atoms with Crippen LogP contribution in [0, 0.1) is 0 Å². The Kier molecular flexibility index (Phi) is 5.21. The van der Waals surface area contributed by atoms with Crippen molar-refractivity contribution in [3.63, 3.8) is 0 Å². The van der Waals surface area contributed by atoms with E-state index in [1.807, 2.05) is 6.92 Å². The molecule has 0 bridgehead atoms. The van der Waals surface area contributed by atoms with Crippen LogP contribution in [-0.4, -0.2) is 23.3 Å². The van der Waals surface area contributed by atoms with Crippen molar-refractivity contribution in [2.75, 3.05) is 6.61 Å². The molecule has 0 atom stereocenters. The van der Waals surface area contributed by atoms with Crippen LogP contribution in [0.3, 0.4) is 0 Å². The normalized spacial score (nSPS) is 11.2. The lowest BCUT2D eigenvalue weighted by Gasteiger charge is -2.24. The van der Waals surface area contributed by atoms with Gasteiger partial charge < -0.3 is 14.6 Å². The Morgan fingerprint density at radius 1 is 1.32 bits per heavy atom. The molecule has 1 aromatic rings. The fourth-order valence-corrected chi connectivity index (χ4v) is 1.74. The Balaban J connectivity index is 2.87. The number of carbonyl (C=O) groups excluding carboxylic acids is 1. The molecular formula is C15H22O4. The maximum atomic E-state index is 11.8. The van der Waals surface area contributed by atoms with E-state index in [9.17, 15) is 9.90 Å². The summed E-state index contributed by atoms with van der Waals surface area (Å²) in [6.45, 7) is 7.44. The maximum absolute atomic E-state index is 11.8. The van der Waals surface area contributed by atoms with Crippen molar-refractivity contribution < 1.29 is 19.4 Å². The van der Waals surface area contributed by atoms with E-state index in [0.29, 0.717) is 12.4 Å². The number of carbonyl (C=O) groups is 1. The van der Waals surface area contributed by atoms with Gasteiger partial charge in [-0.25, -0.2) is 4.79 Å². The van der Waals surface area contributed by atoms with Crippen molar-refractivity contribution in [2.45, 2.75) is 46.1 Å². The molecular weight excluding hydrogens is 244 g/mol. The van der Waals surface area contributed by atoms with Crippen LogP contribution in [-0.2, 0) is 16.0 Å². The van der Waals surface area contributed by atoms with Crippen LogP contribution in [0.25, 0.3) is 0 Å². The predicted molar refractivity (Wildman–Crippen MR) is 73.4 cm³/mol. The summed E-state index contributed by atoms with van der Waals surface area (Å²) >= 11 is 0. The molecule has 1 rings (SSSR count). The standard InChI is InChI=1S/C15H22O4/c1-5-7-11-10-12(8-9-13(11)16)19-15(3,4)14(17)18-6-2/h8-10,16H,5-7H2,1-4H3. The summed E-state index contributed by atoms with van der Waals surface area (Å²) < 4.78 is 10.6. The van der Waals surface area contributed by atoms with Crippen molar-refractivity contribution in [1.29, 1.82) is 0 Å². The quantitative estimate of drug-likeness (QED) is 0.804. The van der Waals surface area contributed by atoms with Gasteiger partial charge in [-0.1, -0.05) is 13.3 Å². The average Bonchev–Trinajstić information content (AvgIpc) is 2.34. The number of hydrogen-bond acceptors (Lipinski definition) is 4. The van der Waals surface area contributed by atoms with Gasteiger partial charge in [-0.15, -0.1) is 0 Å². The molecule has 0 aromatic heterocycles. The highest BCUT2D eigenvalue weighted by atomic mass is 16.6. The van der Waals surface area contributed by atoms with E-state index in [2.05, 4.69) is 0 Å². The van der Waals surface area contributed by atoms with Gasteiger partial charge in [0, 0.05) is 0 Å². The molecule has 0 aliphatic carbocycles. The molecule has 4 nitrogen and oxygen atoms in total. The highest BCUT2D eigenvalue weighted by molar-refractivity contribution is 5.79. The lowest BCUT2D eigenvalue weighted by Crippen LogP contribution is -2.39. The van der Waals surface area contributed by atoms with Gasteiger partial charge in [-0.2, -0.15) is 0 Å². The minimum atomic E-state index is -1.05. The SMILES string of the molecule is CCCc1cc(OC(C)(C)C(=O)OCC)ccc1O. The third-order valence-corrected chi connectivity index (χ3v) is 2.71. The van der Waals surface area contributed by atoms with E-state index in [4.69, 9.17) is 9.47 Å². The number of aryl methyl sites for hydroxylation is 1. The Hall–Kier alpha value is -1.71. The molecule has 106 valence electrons. The Morgan fingerprint density at radius 3 is 2.58 bits per heavy atom. The zero-order chi connectivity index (χ0) is 14.5. The number of esters is 1. The summed E-state index contributed by atoms with van der Waals surface area (Å²) in [5.74, 6) is 0.405. The van der Waals surface area contributed by atoms with Gasteiger partial charge in [-0.05, 0) is 51.0 Å². The number of phenols is 1. The van der Waals surface area contributed by atoms with E-state index in [0.717, 1.165) is 18.4 Å². The van der Waals surface area contributed by atoms with Crippen molar-refractivity contribution in [1.82, 2.24) is 0 Å². The van der Waals surface area contributed by atoms with Crippen molar-refractivity contribution >= 4 is 5.97 Å². The van der Waals surface area contributed by atoms with E-state index < -0.39 is 11.6 Å². The van der Waals surface area contributed by atoms with Gasteiger partial charge in [0.1, 0.15) is 11.5 Å². The van der Waals surface area contributed by atoms with Gasteiger partial charge in [0.15, 0.2) is 5.60 Å². The fraction of sp³-hybridized carbons (Fsp3) is 0.533. The molecule has 0 unspecified atom stereocenters. The Bertz CT molecular complexity index is 438. The van der Waals surface area contributed by atoms with Crippen LogP contribution in [0.2, 0.25) is 0 Å². The largest absolute Gasteiger partial charge is 0.508 e. The van der Waals surface area contributed by atoms with Crippen molar-refractivity contribution in [3.8, 4) is 11.5 Å². The molecule has 0 saturated heterocycles. The smallest absolute Gasteiger partial charge is 0.349 e. The molecule has 0 heterocycles. The summed E-state index contributed by atoms with van der Waals surface area (Å²) in [6, 6.07) is 5.00.